The summed E-state index contributed by atoms with van der Waals surface area (Å²) < 4.78 is 25.5. The minimum atomic E-state index is -0.793. The molecular formula is C22H21FN4O5. The highest BCUT2D eigenvalue weighted by atomic mass is 19.1. The highest BCUT2D eigenvalue weighted by Crippen LogP contribution is 2.29. The van der Waals surface area contributed by atoms with Gasteiger partial charge in [0.1, 0.15) is 11.6 Å². The molecule has 0 aliphatic heterocycles. The molecular weight excluding hydrogens is 419 g/mol. The smallest absolute Gasteiger partial charge is 0.320 e. The Morgan fingerprint density at radius 2 is 1.81 bits per heavy atom. The van der Waals surface area contributed by atoms with E-state index in [1.54, 1.807) is 12.1 Å². The monoisotopic (exact) mass is 440 g/mol. The number of para-hydroxylation sites is 1. The van der Waals surface area contributed by atoms with E-state index in [4.69, 9.17) is 14.3 Å². The number of aromatic nitrogens is 2. The van der Waals surface area contributed by atoms with Crippen LogP contribution in [0.3, 0.4) is 0 Å². The van der Waals surface area contributed by atoms with Crippen molar-refractivity contribution >= 4 is 29.3 Å². The first kappa shape index (κ1) is 21.3. The summed E-state index contributed by atoms with van der Waals surface area (Å²) in [6.07, 6.45) is 2.07. The van der Waals surface area contributed by atoms with E-state index in [1.807, 2.05) is 18.2 Å². The van der Waals surface area contributed by atoms with E-state index in [1.165, 1.54) is 18.2 Å². The Labute approximate surface area is 182 Å². The molecule has 1 aromatic heterocycles. The molecule has 0 bridgehead atoms. The largest absolute Gasteiger partial charge is 0.490 e. The maximum Gasteiger partial charge on any atom is 0.320 e. The highest BCUT2D eigenvalue weighted by Gasteiger charge is 2.27. The number of anilines is 3. The van der Waals surface area contributed by atoms with Gasteiger partial charge in [-0.3, -0.25) is 9.59 Å². The first-order valence-electron chi connectivity index (χ1n) is 10.1. The third kappa shape index (κ3) is 5.20. The fourth-order valence-corrected chi connectivity index (χ4v) is 3.48. The van der Waals surface area contributed by atoms with E-state index in [9.17, 15) is 14.0 Å². The number of rotatable bonds is 7. The maximum atomic E-state index is 14.5. The van der Waals surface area contributed by atoms with Crippen LogP contribution >= 0.6 is 0 Å². The predicted molar refractivity (Wildman–Crippen MR) is 112 cm³/mol. The van der Waals surface area contributed by atoms with Crippen LogP contribution in [0.4, 0.5) is 21.8 Å². The number of carbonyl (C=O) groups is 2. The summed E-state index contributed by atoms with van der Waals surface area (Å²) in [6.45, 7) is 0. The molecule has 166 valence electrons. The van der Waals surface area contributed by atoms with Gasteiger partial charge in [0.15, 0.2) is 0 Å². The summed E-state index contributed by atoms with van der Waals surface area (Å²) in [5.41, 5.74) is 0.647. The second-order valence-electron chi connectivity index (χ2n) is 7.43. The van der Waals surface area contributed by atoms with Gasteiger partial charge in [0.25, 0.3) is 0 Å². The lowest BCUT2D eigenvalue weighted by Crippen LogP contribution is -2.27. The summed E-state index contributed by atoms with van der Waals surface area (Å²) in [6, 6.07) is 13.2. The van der Waals surface area contributed by atoms with E-state index >= 15 is 0 Å². The molecule has 1 heterocycles. The van der Waals surface area contributed by atoms with Gasteiger partial charge in [0.05, 0.1) is 17.7 Å². The number of nitrogens with zero attached hydrogens (tertiary/aromatic N) is 2. The van der Waals surface area contributed by atoms with Crippen LogP contribution in [-0.4, -0.2) is 33.3 Å². The van der Waals surface area contributed by atoms with E-state index in [0.29, 0.717) is 37.1 Å². The van der Waals surface area contributed by atoms with Gasteiger partial charge in [0.2, 0.25) is 0 Å². The fourth-order valence-electron chi connectivity index (χ4n) is 3.48. The molecule has 3 aromatic rings. The van der Waals surface area contributed by atoms with Crippen LogP contribution in [0.15, 0.2) is 52.9 Å². The Kier molecular flexibility index (Phi) is 6.29. The Morgan fingerprint density at radius 3 is 2.50 bits per heavy atom. The lowest BCUT2D eigenvalue weighted by atomic mass is 9.87. The average molecular weight is 440 g/mol. The minimum absolute atomic E-state index is 0.0307. The number of benzene rings is 2. The van der Waals surface area contributed by atoms with Gasteiger partial charge < -0.3 is 24.9 Å². The minimum Gasteiger partial charge on any atom is -0.490 e. The SMILES string of the molecule is O=C(Nc1ccc(OC2CCC(C(=O)O)CC2)cc1F)c1nnc(Nc2ccccc2)o1. The summed E-state index contributed by atoms with van der Waals surface area (Å²) >= 11 is 0. The number of carboxylic acid groups (broad SMARTS) is 1. The molecule has 1 saturated carbocycles. The van der Waals surface area contributed by atoms with E-state index < -0.39 is 17.7 Å². The molecule has 32 heavy (non-hydrogen) atoms. The normalized spacial score (nSPS) is 18.0. The second kappa shape index (κ2) is 9.46. The van der Waals surface area contributed by atoms with Crippen molar-refractivity contribution in [2.24, 2.45) is 5.92 Å². The van der Waals surface area contributed by atoms with Crippen molar-refractivity contribution in [1.82, 2.24) is 10.2 Å². The van der Waals surface area contributed by atoms with Crippen molar-refractivity contribution in [1.29, 1.82) is 0 Å². The lowest BCUT2D eigenvalue weighted by Gasteiger charge is -2.26. The van der Waals surface area contributed by atoms with Crippen LogP contribution in [0.5, 0.6) is 5.75 Å². The van der Waals surface area contributed by atoms with Gasteiger partial charge in [-0.2, -0.15) is 0 Å². The molecule has 1 aliphatic carbocycles. The molecule has 4 rings (SSSR count). The quantitative estimate of drug-likeness (QED) is 0.498. The number of hydrogen-bond donors (Lipinski definition) is 3. The summed E-state index contributed by atoms with van der Waals surface area (Å²) in [5.74, 6) is -2.59. The van der Waals surface area contributed by atoms with E-state index in [2.05, 4.69) is 20.8 Å². The number of amides is 1. The Bertz CT molecular complexity index is 1100. The predicted octanol–water partition coefficient (Wildman–Crippen LogP) is 4.23. The number of halogens is 1. The molecule has 0 saturated heterocycles. The van der Waals surface area contributed by atoms with Gasteiger partial charge in [-0.05, 0) is 49.9 Å². The molecule has 0 unspecified atom stereocenters. The molecule has 1 aliphatic rings. The molecule has 10 heteroatoms. The van der Waals surface area contributed by atoms with Crippen molar-refractivity contribution in [3.8, 4) is 5.75 Å². The van der Waals surface area contributed by atoms with Gasteiger partial charge in [0, 0.05) is 11.8 Å². The average Bonchev–Trinajstić information content (AvgIpc) is 3.25. The number of carbonyl (C=O) groups excluding carboxylic acids is 1. The molecule has 3 N–H and O–H groups in total. The van der Waals surface area contributed by atoms with Crippen molar-refractivity contribution in [3.05, 3.63) is 60.2 Å². The van der Waals surface area contributed by atoms with Crippen molar-refractivity contribution in [2.45, 2.75) is 31.8 Å². The number of nitrogens with one attached hydrogen (secondary N) is 2. The van der Waals surface area contributed by atoms with Gasteiger partial charge in [-0.25, -0.2) is 4.39 Å². The van der Waals surface area contributed by atoms with Crippen LogP contribution in [0, 0.1) is 11.7 Å². The number of aliphatic carboxylic acids is 1. The second-order valence-corrected chi connectivity index (χ2v) is 7.43. The van der Waals surface area contributed by atoms with E-state index in [0.717, 1.165) is 0 Å². The summed E-state index contributed by atoms with van der Waals surface area (Å²) in [5, 5.41) is 21.7. The number of ether oxygens (including phenoxy) is 1. The van der Waals surface area contributed by atoms with Crippen molar-refractivity contribution < 1.29 is 28.2 Å². The third-order valence-electron chi connectivity index (χ3n) is 5.16. The standard InChI is InChI=1S/C22H21FN4O5/c23-17-12-16(31-15-8-6-13(7-9-15)21(29)30)10-11-18(17)25-19(28)20-26-27-22(32-20)24-14-4-2-1-3-5-14/h1-5,10-13,15H,6-9H2,(H,24,27)(H,25,28)(H,29,30). The van der Waals surface area contributed by atoms with Gasteiger partial charge >= 0.3 is 23.8 Å². The van der Waals surface area contributed by atoms with Crippen molar-refractivity contribution in [3.63, 3.8) is 0 Å². The lowest BCUT2D eigenvalue weighted by molar-refractivity contribution is -0.143. The van der Waals surface area contributed by atoms with Crippen molar-refractivity contribution in [2.75, 3.05) is 10.6 Å². The third-order valence-corrected chi connectivity index (χ3v) is 5.16. The fraction of sp³-hybridized carbons (Fsp3) is 0.273. The maximum absolute atomic E-state index is 14.5. The molecule has 0 radical (unpaired) electrons. The van der Waals surface area contributed by atoms with Gasteiger partial charge in [-0.15, -0.1) is 5.10 Å². The molecule has 1 fully saturated rings. The zero-order valence-electron chi connectivity index (χ0n) is 17.0. The van der Waals surface area contributed by atoms with Gasteiger partial charge in [-0.1, -0.05) is 23.3 Å². The first-order chi connectivity index (χ1) is 15.5. The Hall–Kier alpha value is -3.95. The van der Waals surface area contributed by atoms with Crippen LogP contribution in [0.25, 0.3) is 0 Å². The van der Waals surface area contributed by atoms with Crippen LogP contribution < -0.4 is 15.4 Å². The van der Waals surface area contributed by atoms with E-state index in [-0.39, 0.29) is 29.6 Å². The summed E-state index contributed by atoms with van der Waals surface area (Å²) in [4.78, 5) is 23.4. The zero-order chi connectivity index (χ0) is 22.5. The molecule has 0 spiro atoms. The molecule has 2 aromatic carbocycles. The molecule has 0 atom stereocenters. The van der Waals surface area contributed by atoms with Crippen LogP contribution in [0.1, 0.15) is 36.4 Å². The topological polar surface area (TPSA) is 127 Å². The summed E-state index contributed by atoms with van der Waals surface area (Å²) in [7, 11) is 0. The molecule has 9 nitrogen and oxygen atoms in total. The zero-order valence-corrected chi connectivity index (χ0v) is 17.0. The van der Waals surface area contributed by atoms with Crippen LogP contribution in [-0.2, 0) is 4.79 Å². The number of hydrogen-bond acceptors (Lipinski definition) is 7. The first-order valence-corrected chi connectivity index (χ1v) is 10.1. The number of carboxylic acids is 1. The van der Waals surface area contributed by atoms with Crippen LogP contribution in [0.2, 0.25) is 0 Å². The Morgan fingerprint density at radius 1 is 1.06 bits per heavy atom. The highest BCUT2D eigenvalue weighted by molar-refractivity contribution is 6.01. The molecule has 1 amide bonds. The Balaban J connectivity index is 1.34.